The van der Waals surface area contributed by atoms with Crippen LogP contribution in [0.3, 0.4) is 0 Å². The lowest BCUT2D eigenvalue weighted by atomic mass is 10.1. The van der Waals surface area contributed by atoms with Crippen molar-refractivity contribution < 1.29 is 44.7 Å². The Morgan fingerprint density at radius 3 is 1.67 bits per heavy atom. The lowest BCUT2D eigenvalue weighted by Gasteiger charge is -2.29. The molecule has 0 aromatic carbocycles. The third kappa shape index (κ3) is 2.12. The number of hydrogen-bond donors (Lipinski definition) is 0. The van der Waals surface area contributed by atoms with Crippen LogP contribution in [0.5, 0.6) is 0 Å². The lowest BCUT2D eigenvalue weighted by molar-refractivity contribution is -0.394. The van der Waals surface area contributed by atoms with Gasteiger partial charge in [-0.05, 0) is 0 Å². The Hall–Kier alpha value is -1.09. The van der Waals surface area contributed by atoms with Crippen LogP contribution < -0.4 is 0 Å². The van der Waals surface area contributed by atoms with Gasteiger partial charge in [0.2, 0.25) is 0 Å². The third-order valence-corrected chi connectivity index (χ3v) is 1.23. The third-order valence-electron chi connectivity index (χ3n) is 1.23. The van der Waals surface area contributed by atoms with Crippen LogP contribution in [0.25, 0.3) is 0 Å². The summed E-state index contributed by atoms with van der Waals surface area (Å²) < 4.78 is 97.1. The fraction of sp³-hybridized carbons (Fsp3) is 0.800. The quantitative estimate of drug-likeness (QED) is 0.694. The molecule has 0 aliphatic heterocycles. The van der Waals surface area contributed by atoms with Crippen molar-refractivity contribution in [2.45, 2.75) is 24.4 Å². The van der Waals surface area contributed by atoms with Crippen molar-refractivity contribution >= 4 is 6.47 Å². The molecule has 0 spiro atoms. The summed E-state index contributed by atoms with van der Waals surface area (Å²) in [7, 11) is 0. The maximum atomic E-state index is 12.1. The van der Waals surface area contributed by atoms with E-state index in [9.17, 15) is 39.9 Å². The predicted octanol–water partition coefficient (Wildman–Crippen LogP) is 2.20. The van der Waals surface area contributed by atoms with E-state index in [1.807, 2.05) is 0 Å². The minimum absolute atomic E-state index is 0.233. The van der Waals surface area contributed by atoms with Gasteiger partial charge >= 0.3 is 30.9 Å². The molecule has 0 saturated carbocycles. The molecule has 2 nitrogen and oxygen atoms in total. The van der Waals surface area contributed by atoms with E-state index in [-0.39, 0.29) is 6.47 Å². The predicted molar refractivity (Wildman–Crippen MR) is 27.6 cm³/mol. The SMILES string of the molecule is O=[C]OC(F)(F)C(F)(F)C(F)(F)C(F)F. The first kappa shape index (κ1) is 13.9. The second-order valence-corrected chi connectivity index (χ2v) is 2.20. The lowest BCUT2D eigenvalue weighted by Crippen LogP contribution is -2.58. The molecule has 0 unspecified atom stereocenters. The van der Waals surface area contributed by atoms with E-state index in [1.54, 1.807) is 0 Å². The van der Waals surface area contributed by atoms with Crippen LogP contribution in [0.2, 0.25) is 0 Å². The van der Waals surface area contributed by atoms with E-state index in [2.05, 4.69) is 4.74 Å². The van der Waals surface area contributed by atoms with Gasteiger partial charge < -0.3 is 4.74 Å². The highest BCUT2D eigenvalue weighted by molar-refractivity contribution is 5.39. The van der Waals surface area contributed by atoms with Crippen LogP contribution >= 0.6 is 0 Å². The number of alkyl halides is 8. The van der Waals surface area contributed by atoms with Crippen LogP contribution in [0.4, 0.5) is 35.1 Å². The highest BCUT2D eigenvalue weighted by atomic mass is 19.4. The van der Waals surface area contributed by atoms with E-state index >= 15 is 0 Å². The molecule has 0 rings (SSSR count). The summed E-state index contributed by atoms with van der Waals surface area (Å²) in [5.41, 5.74) is 0. The van der Waals surface area contributed by atoms with Crippen molar-refractivity contribution in [3.05, 3.63) is 0 Å². The molecule has 0 fully saturated rings. The number of rotatable bonds is 5. The molecular weight excluding hydrogens is 244 g/mol. The Morgan fingerprint density at radius 2 is 1.40 bits per heavy atom. The molecule has 0 aromatic heterocycles. The van der Waals surface area contributed by atoms with E-state index in [0.29, 0.717) is 0 Å². The van der Waals surface area contributed by atoms with Crippen molar-refractivity contribution in [2.24, 2.45) is 0 Å². The average molecular weight is 245 g/mol. The minimum atomic E-state index is -6.54. The fourth-order valence-corrected chi connectivity index (χ4v) is 0.447. The normalized spacial score (nSPS) is 14.2. The topological polar surface area (TPSA) is 26.3 Å². The highest BCUT2D eigenvalue weighted by Crippen LogP contribution is 2.48. The maximum Gasteiger partial charge on any atom is 0.473 e. The van der Waals surface area contributed by atoms with Gasteiger partial charge in [0.25, 0.3) is 0 Å². The molecule has 0 aromatic rings. The smallest absolute Gasteiger partial charge is 0.387 e. The van der Waals surface area contributed by atoms with Crippen molar-refractivity contribution in [3.63, 3.8) is 0 Å². The zero-order valence-corrected chi connectivity index (χ0v) is 6.42. The molecule has 1 radical (unpaired) electrons. The van der Waals surface area contributed by atoms with Crippen molar-refractivity contribution in [2.75, 3.05) is 0 Å². The molecule has 0 aliphatic carbocycles. The summed E-state index contributed by atoms with van der Waals surface area (Å²) in [4.78, 5) is 9.17. The van der Waals surface area contributed by atoms with Crippen molar-refractivity contribution in [3.8, 4) is 0 Å². The summed E-state index contributed by atoms with van der Waals surface area (Å²) in [5, 5.41) is 0. The van der Waals surface area contributed by atoms with Crippen LogP contribution in [0.15, 0.2) is 0 Å². The fourth-order valence-electron chi connectivity index (χ4n) is 0.447. The standard InChI is InChI=1S/C5HF8O2/c6-2(7)3(8,9)4(10,11)5(12,13)15-1-14/h2H. The van der Waals surface area contributed by atoms with Gasteiger partial charge in [-0.25, -0.2) is 13.6 Å². The molecular formula is C5HF8O2. The first-order valence-corrected chi connectivity index (χ1v) is 2.97. The van der Waals surface area contributed by atoms with E-state index in [1.165, 1.54) is 0 Å². The number of carbonyl (C=O) groups excluding carboxylic acids is 1. The van der Waals surface area contributed by atoms with Gasteiger partial charge in [-0.2, -0.15) is 26.3 Å². The summed E-state index contributed by atoms with van der Waals surface area (Å²) in [6.07, 6.45) is -11.1. The molecule has 0 N–H and O–H groups in total. The van der Waals surface area contributed by atoms with Gasteiger partial charge in [0.05, 0.1) is 0 Å². The minimum Gasteiger partial charge on any atom is -0.387 e. The summed E-state index contributed by atoms with van der Waals surface area (Å²) in [5.74, 6) is -12.9. The Kier molecular flexibility index (Phi) is 3.54. The maximum absolute atomic E-state index is 12.1. The Bertz CT molecular complexity index is 237. The highest BCUT2D eigenvalue weighted by Gasteiger charge is 2.77. The first-order valence-electron chi connectivity index (χ1n) is 2.97. The zero-order chi connectivity index (χ0) is 12.5. The van der Waals surface area contributed by atoms with Gasteiger partial charge in [-0.1, -0.05) is 0 Å². The number of hydrogen-bond acceptors (Lipinski definition) is 2. The summed E-state index contributed by atoms with van der Waals surface area (Å²) >= 11 is 0. The van der Waals surface area contributed by atoms with Gasteiger partial charge in [-0.3, -0.25) is 0 Å². The van der Waals surface area contributed by atoms with Gasteiger partial charge in [-0.15, -0.1) is 0 Å². The van der Waals surface area contributed by atoms with Crippen molar-refractivity contribution in [1.29, 1.82) is 0 Å². The number of ether oxygens (including phenoxy) is 1. The van der Waals surface area contributed by atoms with Gasteiger partial charge in [0, 0.05) is 0 Å². The van der Waals surface area contributed by atoms with Gasteiger partial charge in [0.1, 0.15) is 0 Å². The van der Waals surface area contributed by atoms with E-state index in [4.69, 9.17) is 0 Å². The van der Waals surface area contributed by atoms with E-state index < -0.39 is 24.4 Å². The molecule has 10 heteroatoms. The van der Waals surface area contributed by atoms with Crippen LogP contribution in [-0.2, 0) is 9.53 Å². The molecule has 0 bridgehead atoms. The second kappa shape index (κ2) is 3.81. The van der Waals surface area contributed by atoms with Crippen LogP contribution in [-0.4, -0.2) is 30.9 Å². The number of halogens is 8. The molecule has 0 saturated heterocycles. The first-order chi connectivity index (χ1) is 6.50. The molecule has 0 heterocycles. The molecule has 89 valence electrons. The summed E-state index contributed by atoms with van der Waals surface area (Å²) in [6, 6.07) is 0. The zero-order valence-electron chi connectivity index (χ0n) is 6.42. The van der Waals surface area contributed by atoms with Crippen molar-refractivity contribution in [1.82, 2.24) is 0 Å². The average Bonchev–Trinajstić information content (AvgIpc) is 2.02. The molecule has 0 atom stereocenters. The van der Waals surface area contributed by atoms with Crippen LogP contribution in [0, 0.1) is 0 Å². The molecule has 15 heavy (non-hydrogen) atoms. The molecule has 0 amide bonds. The largest absolute Gasteiger partial charge is 0.473 e. The van der Waals surface area contributed by atoms with Gasteiger partial charge in [0.15, 0.2) is 0 Å². The summed E-state index contributed by atoms with van der Waals surface area (Å²) in [6.45, 7) is -0.233. The van der Waals surface area contributed by atoms with E-state index in [0.717, 1.165) is 0 Å². The molecule has 0 aliphatic rings. The monoisotopic (exact) mass is 245 g/mol. The second-order valence-electron chi connectivity index (χ2n) is 2.20. The Morgan fingerprint density at radius 1 is 1.00 bits per heavy atom. The van der Waals surface area contributed by atoms with Crippen LogP contribution in [0.1, 0.15) is 0 Å². The Labute approximate surface area is 76.8 Å². The Balaban J connectivity index is 5.19.